The summed E-state index contributed by atoms with van der Waals surface area (Å²) in [5.41, 5.74) is 1.43. The summed E-state index contributed by atoms with van der Waals surface area (Å²) in [5.74, 6) is 1.63. The third-order valence-electron chi connectivity index (χ3n) is 4.84. The van der Waals surface area contributed by atoms with Gasteiger partial charge in [-0.25, -0.2) is 9.97 Å². The molecule has 0 bridgehead atoms. The average Bonchev–Trinajstić information content (AvgIpc) is 2.67. The van der Waals surface area contributed by atoms with E-state index >= 15 is 0 Å². The van der Waals surface area contributed by atoms with Crippen molar-refractivity contribution in [3.63, 3.8) is 0 Å². The number of nitrogens with zero attached hydrogens (tertiary/aromatic N) is 4. The highest BCUT2D eigenvalue weighted by molar-refractivity contribution is 5.92. The van der Waals surface area contributed by atoms with E-state index in [-0.39, 0.29) is 5.91 Å². The fourth-order valence-electron chi connectivity index (χ4n) is 3.38. The number of pyridine rings is 2. The van der Waals surface area contributed by atoms with Gasteiger partial charge in [-0.2, -0.15) is 0 Å². The van der Waals surface area contributed by atoms with Gasteiger partial charge in [0.15, 0.2) is 0 Å². The van der Waals surface area contributed by atoms with Gasteiger partial charge in [0, 0.05) is 38.1 Å². The maximum atomic E-state index is 12.7. The van der Waals surface area contributed by atoms with Crippen molar-refractivity contribution < 1.29 is 4.79 Å². The summed E-state index contributed by atoms with van der Waals surface area (Å²) in [4.78, 5) is 25.8. The maximum absolute atomic E-state index is 12.7. The van der Waals surface area contributed by atoms with Gasteiger partial charge in [-0.15, -0.1) is 0 Å². The van der Waals surface area contributed by atoms with E-state index in [0.717, 1.165) is 50.5 Å². The third kappa shape index (κ3) is 4.35. The number of aryl methyl sites for hydroxylation is 1. The summed E-state index contributed by atoms with van der Waals surface area (Å²) in [7, 11) is 0. The van der Waals surface area contributed by atoms with E-state index in [0.29, 0.717) is 11.6 Å². The predicted molar refractivity (Wildman–Crippen MR) is 99.7 cm³/mol. The van der Waals surface area contributed by atoms with Crippen molar-refractivity contribution in [2.24, 2.45) is 5.92 Å². The lowest BCUT2D eigenvalue weighted by atomic mass is 9.96. The van der Waals surface area contributed by atoms with Gasteiger partial charge in [0.2, 0.25) is 0 Å². The van der Waals surface area contributed by atoms with Crippen LogP contribution in [0, 0.1) is 12.8 Å². The topological polar surface area (TPSA) is 49.3 Å². The van der Waals surface area contributed by atoms with Crippen molar-refractivity contribution in [3.05, 3.63) is 54.0 Å². The van der Waals surface area contributed by atoms with Crippen LogP contribution in [0.3, 0.4) is 0 Å². The van der Waals surface area contributed by atoms with E-state index in [1.54, 1.807) is 0 Å². The fraction of sp³-hybridized carbons (Fsp3) is 0.450. The molecule has 5 heteroatoms. The van der Waals surface area contributed by atoms with E-state index in [9.17, 15) is 4.79 Å². The smallest absolute Gasteiger partial charge is 0.272 e. The van der Waals surface area contributed by atoms with Gasteiger partial charge in [-0.05, 0) is 56.9 Å². The molecule has 0 spiro atoms. The summed E-state index contributed by atoms with van der Waals surface area (Å²) in [6.45, 7) is 7.47. The Morgan fingerprint density at radius 1 is 1.20 bits per heavy atom. The maximum Gasteiger partial charge on any atom is 0.272 e. The molecule has 25 heavy (non-hydrogen) atoms. The first-order valence-corrected chi connectivity index (χ1v) is 9.06. The molecule has 2 aromatic rings. The minimum atomic E-state index is 0.0401. The molecule has 2 aromatic heterocycles. The number of piperidine rings is 1. The minimum Gasteiger partial charge on any atom is -0.357 e. The van der Waals surface area contributed by atoms with Crippen LogP contribution in [-0.4, -0.2) is 47.0 Å². The Bertz CT molecular complexity index is 696. The first-order valence-electron chi connectivity index (χ1n) is 9.06. The molecule has 1 amide bonds. The zero-order valence-electron chi connectivity index (χ0n) is 15.1. The molecule has 0 saturated carbocycles. The van der Waals surface area contributed by atoms with Crippen LogP contribution >= 0.6 is 0 Å². The predicted octanol–water partition coefficient (Wildman–Crippen LogP) is 3.16. The van der Waals surface area contributed by atoms with Crippen molar-refractivity contribution in [1.82, 2.24) is 14.9 Å². The van der Waals surface area contributed by atoms with Crippen molar-refractivity contribution >= 4 is 11.7 Å². The van der Waals surface area contributed by atoms with Crippen molar-refractivity contribution in [2.45, 2.75) is 26.7 Å². The van der Waals surface area contributed by atoms with Gasteiger partial charge in [-0.3, -0.25) is 4.79 Å². The van der Waals surface area contributed by atoms with Gasteiger partial charge in [0.1, 0.15) is 11.5 Å². The normalized spacial score (nSPS) is 15.2. The Labute approximate surface area is 149 Å². The van der Waals surface area contributed by atoms with E-state index in [1.165, 1.54) is 0 Å². The quantitative estimate of drug-likeness (QED) is 0.840. The lowest BCUT2D eigenvalue weighted by molar-refractivity contribution is 0.0723. The van der Waals surface area contributed by atoms with Gasteiger partial charge in [0.25, 0.3) is 5.91 Å². The second-order valence-corrected chi connectivity index (χ2v) is 6.63. The molecule has 3 heterocycles. The third-order valence-corrected chi connectivity index (χ3v) is 4.84. The zero-order chi connectivity index (χ0) is 17.6. The standard InChI is InChI=1S/C20H26N4O/c1-3-23(20(25)18-8-6-7-16(2)22-18)15-17-10-13-24(14-11-17)19-9-4-5-12-21-19/h4-9,12,17H,3,10-11,13-15H2,1-2H3. The number of hydrogen-bond acceptors (Lipinski definition) is 4. The molecule has 0 unspecified atom stereocenters. The number of anilines is 1. The second kappa shape index (κ2) is 8.10. The molecule has 0 N–H and O–H groups in total. The Hall–Kier alpha value is -2.43. The second-order valence-electron chi connectivity index (χ2n) is 6.63. The summed E-state index contributed by atoms with van der Waals surface area (Å²) < 4.78 is 0. The van der Waals surface area contributed by atoms with Crippen LogP contribution < -0.4 is 4.90 Å². The summed E-state index contributed by atoms with van der Waals surface area (Å²) >= 11 is 0. The molecule has 0 radical (unpaired) electrons. The largest absolute Gasteiger partial charge is 0.357 e. The lowest BCUT2D eigenvalue weighted by Crippen LogP contribution is -2.41. The number of aromatic nitrogens is 2. The van der Waals surface area contributed by atoms with Gasteiger partial charge >= 0.3 is 0 Å². The van der Waals surface area contributed by atoms with E-state index in [1.807, 2.05) is 55.3 Å². The van der Waals surface area contributed by atoms with E-state index < -0.39 is 0 Å². The highest BCUT2D eigenvalue weighted by Gasteiger charge is 2.24. The molecular formula is C20H26N4O. The Kier molecular flexibility index (Phi) is 5.64. The van der Waals surface area contributed by atoms with Crippen LogP contribution in [0.25, 0.3) is 0 Å². The lowest BCUT2D eigenvalue weighted by Gasteiger charge is -2.35. The van der Waals surface area contributed by atoms with Crippen molar-refractivity contribution in [1.29, 1.82) is 0 Å². The minimum absolute atomic E-state index is 0.0401. The average molecular weight is 338 g/mol. The molecule has 1 aliphatic rings. The van der Waals surface area contributed by atoms with Crippen molar-refractivity contribution in [3.8, 4) is 0 Å². The van der Waals surface area contributed by atoms with Crippen LogP contribution in [0.4, 0.5) is 5.82 Å². The fourth-order valence-corrected chi connectivity index (χ4v) is 3.38. The van der Waals surface area contributed by atoms with Crippen LogP contribution in [0.2, 0.25) is 0 Å². The number of carbonyl (C=O) groups excluding carboxylic acids is 1. The molecule has 0 aromatic carbocycles. The number of rotatable bonds is 5. The number of hydrogen-bond donors (Lipinski definition) is 0. The van der Waals surface area contributed by atoms with Crippen LogP contribution in [0.15, 0.2) is 42.6 Å². The Balaban J connectivity index is 1.57. The molecule has 5 nitrogen and oxygen atoms in total. The number of amides is 1. The number of carbonyl (C=O) groups is 1. The van der Waals surface area contributed by atoms with Crippen LogP contribution in [0.1, 0.15) is 35.9 Å². The monoisotopic (exact) mass is 338 g/mol. The van der Waals surface area contributed by atoms with Crippen molar-refractivity contribution in [2.75, 3.05) is 31.1 Å². The molecule has 1 aliphatic heterocycles. The Morgan fingerprint density at radius 3 is 2.64 bits per heavy atom. The summed E-state index contributed by atoms with van der Waals surface area (Å²) in [5, 5.41) is 0. The van der Waals surface area contributed by atoms with E-state index in [4.69, 9.17) is 0 Å². The van der Waals surface area contributed by atoms with Gasteiger partial charge in [0.05, 0.1) is 0 Å². The summed E-state index contributed by atoms with van der Waals surface area (Å²) in [6.07, 6.45) is 4.01. The molecule has 1 saturated heterocycles. The van der Waals surface area contributed by atoms with Crippen LogP contribution in [0.5, 0.6) is 0 Å². The highest BCUT2D eigenvalue weighted by atomic mass is 16.2. The van der Waals surface area contributed by atoms with Crippen LogP contribution in [-0.2, 0) is 0 Å². The first kappa shape index (κ1) is 17.4. The summed E-state index contributed by atoms with van der Waals surface area (Å²) in [6, 6.07) is 11.7. The SMILES string of the molecule is CCN(CC1CCN(c2ccccn2)CC1)C(=O)c1cccc(C)n1. The zero-order valence-corrected chi connectivity index (χ0v) is 15.1. The molecule has 0 atom stereocenters. The molecular weight excluding hydrogens is 312 g/mol. The molecule has 3 rings (SSSR count). The molecule has 0 aliphatic carbocycles. The Morgan fingerprint density at radius 2 is 2.00 bits per heavy atom. The van der Waals surface area contributed by atoms with Gasteiger partial charge < -0.3 is 9.80 Å². The highest BCUT2D eigenvalue weighted by Crippen LogP contribution is 2.22. The molecule has 132 valence electrons. The van der Waals surface area contributed by atoms with Gasteiger partial charge in [-0.1, -0.05) is 12.1 Å². The molecule has 1 fully saturated rings. The van der Waals surface area contributed by atoms with E-state index in [2.05, 4.69) is 20.9 Å². The first-order chi connectivity index (χ1) is 12.2.